The molecule has 17 heavy (non-hydrogen) atoms. The third kappa shape index (κ3) is 2.48. The van der Waals surface area contributed by atoms with Crippen molar-refractivity contribution in [2.24, 2.45) is 5.92 Å². The third-order valence-electron chi connectivity index (χ3n) is 2.12. The number of rotatable bonds is 2. The summed E-state index contributed by atoms with van der Waals surface area (Å²) in [5.74, 6) is -1.12. The zero-order chi connectivity index (χ0) is 12.7. The number of hydrogen-bond donors (Lipinski definition) is 0. The molecule has 0 aliphatic carbocycles. The summed E-state index contributed by atoms with van der Waals surface area (Å²) in [7, 11) is 0. The van der Waals surface area contributed by atoms with E-state index in [-0.39, 0.29) is 11.1 Å². The minimum atomic E-state index is -1.12. The molecule has 78 valence electrons. The summed E-state index contributed by atoms with van der Waals surface area (Å²) >= 11 is 0. The van der Waals surface area contributed by atoms with Crippen molar-refractivity contribution in [3.05, 3.63) is 41.5 Å². The Labute approximate surface area is 98.9 Å². The molecular formula is C13H6N4. The second-order valence-corrected chi connectivity index (χ2v) is 3.07. The number of nitriles is 4. The minimum Gasteiger partial charge on any atom is -0.196 e. The molecule has 1 aromatic carbocycles. The van der Waals surface area contributed by atoms with Crippen LogP contribution in [0.1, 0.15) is 5.56 Å². The molecule has 0 aromatic heterocycles. The van der Waals surface area contributed by atoms with Crippen LogP contribution in [-0.2, 0) is 0 Å². The van der Waals surface area contributed by atoms with E-state index in [9.17, 15) is 0 Å². The van der Waals surface area contributed by atoms with Crippen molar-refractivity contribution in [3.63, 3.8) is 0 Å². The first-order valence-electron chi connectivity index (χ1n) is 4.67. The Morgan fingerprint density at radius 1 is 0.882 bits per heavy atom. The molecule has 0 saturated carbocycles. The van der Waals surface area contributed by atoms with Crippen LogP contribution >= 0.6 is 0 Å². The topological polar surface area (TPSA) is 95.2 Å². The van der Waals surface area contributed by atoms with E-state index in [1.54, 1.807) is 54.6 Å². The summed E-state index contributed by atoms with van der Waals surface area (Å²) in [4.78, 5) is 0. The van der Waals surface area contributed by atoms with Crippen molar-refractivity contribution in [2.75, 3.05) is 0 Å². The average Bonchev–Trinajstić information content (AvgIpc) is 2.40. The molecule has 0 amide bonds. The molecule has 1 rings (SSSR count). The van der Waals surface area contributed by atoms with Crippen molar-refractivity contribution in [1.82, 2.24) is 0 Å². The molecule has 4 heteroatoms. The molecule has 0 N–H and O–H groups in total. The molecule has 0 heterocycles. The molecule has 0 unspecified atom stereocenters. The van der Waals surface area contributed by atoms with Crippen LogP contribution in [0.25, 0.3) is 5.57 Å². The van der Waals surface area contributed by atoms with E-state index in [0.29, 0.717) is 5.56 Å². The van der Waals surface area contributed by atoms with E-state index >= 15 is 0 Å². The van der Waals surface area contributed by atoms with Crippen molar-refractivity contribution < 1.29 is 0 Å². The Balaban J connectivity index is 3.52. The Hall–Kier alpha value is -3.08. The molecule has 0 bridgehead atoms. The van der Waals surface area contributed by atoms with Gasteiger partial charge in [0.15, 0.2) is 5.92 Å². The molecule has 0 aliphatic heterocycles. The lowest BCUT2D eigenvalue weighted by atomic mass is 9.91. The van der Waals surface area contributed by atoms with Gasteiger partial charge in [-0.1, -0.05) is 30.3 Å². The van der Waals surface area contributed by atoms with E-state index in [1.807, 2.05) is 0 Å². The van der Waals surface area contributed by atoms with Gasteiger partial charge in [-0.15, -0.1) is 0 Å². The normalized spacial score (nSPS) is 8.29. The molecular weight excluding hydrogens is 212 g/mol. The van der Waals surface area contributed by atoms with Gasteiger partial charge in [-0.3, -0.25) is 0 Å². The van der Waals surface area contributed by atoms with E-state index in [4.69, 9.17) is 21.0 Å². The molecule has 1 aromatic rings. The summed E-state index contributed by atoms with van der Waals surface area (Å²) in [6.07, 6.45) is 0. The minimum absolute atomic E-state index is 0.167. The molecule has 4 nitrogen and oxygen atoms in total. The van der Waals surface area contributed by atoms with Gasteiger partial charge in [-0.25, -0.2) is 0 Å². The van der Waals surface area contributed by atoms with Crippen LogP contribution < -0.4 is 0 Å². The number of nitrogens with zero attached hydrogens (tertiary/aromatic N) is 4. The number of hydrogen-bond acceptors (Lipinski definition) is 4. The van der Waals surface area contributed by atoms with E-state index in [0.717, 1.165) is 0 Å². The van der Waals surface area contributed by atoms with Gasteiger partial charge >= 0.3 is 0 Å². The second-order valence-electron chi connectivity index (χ2n) is 3.07. The van der Waals surface area contributed by atoms with Crippen LogP contribution in [0.3, 0.4) is 0 Å². The van der Waals surface area contributed by atoms with Crippen LogP contribution in [0.15, 0.2) is 35.9 Å². The fourth-order valence-corrected chi connectivity index (χ4v) is 1.38. The highest BCUT2D eigenvalue weighted by Crippen LogP contribution is 2.26. The van der Waals surface area contributed by atoms with Crippen LogP contribution in [0, 0.1) is 51.2 Å². The summed E-state index contributed by atoms with van der Waals surface area (Å²) in [5, 5.41) is 35.4. The predicted octanol–water partition coefficient (Wildman–Crippen LogP) is 2.15. The highest BCUT2D eigenvalue weighted by Gasteiger charge is 2.19. The second kappa shape index (κ2) is 5.72. The maximum atomic E-state index is 8.87. The zero-order valence-electron chi connectivity index (χ0n) is 8.75. The average molecular weight is 218 g/mol. The molecule has 0 radical (unpaired) electrons. The largest absolute Gasteiger partial charge is 0.196 e. The van der Waals surface area contributed by atoms with E-state index in [2.05, 4.69) is 0 Å². The van der Waals surface area contributed by atoms with Gasteiger partial charge in [0.05, 0.1) is 12.1 Å². The summed E-state index contributed by atoms with van der Waals surface area (Å²) < 4.78 is 0. The predicted molar refractivity (Wildman–Crippen MR) is 59.3 cm³/mol. The maximum absolute atomic E-state index is 8.87. The maximum Gasteiger partial charge on any atom is 0.160 e. The molecule has 0 fully saturated rings. The van der Waals surface area contributed by atoms with Gasteiger partial charge in [0, 0.05) is 5.57 Å². The van der Waals surface area contributed by atoms with Crippen LogP contribution in [0.2, 0.25) is 0 Å². The summed E-state index contributed by atoms with van der Waals surface area (Å²) in [6, 6.07) is 15.5. The Kier molecular flexibility index (Phi) is 4.03. The van der Waals surface area contributed by atoms with Crippen molar-refractivity contribution in [2.45, 2.75) is 0 Å². The zero-order valence-corrected chi connectivity index (χ0v) is 8.75. The SMILES string of the molecule is N#CC(C#N)=C(c1ccccc1)C(C#N)C#N. The van der Waals surface area contributed by atoms with Crippen LogP contribution in [0.5, 0.6) is 0 Å². The van der Waals surface area contributed by atoms with Crippen molar-refractivity contribution >= 4 is 5.57 Å². The van der Waals surface area contributed by atoms with Crippen molar-refractivity contribution in [1.29, 1.82) is 21.0 Å². The molecule has 0 atom stereocenters. The van der Waals surface area contributed by atoms with Gasteiger partial charge in [-0.05, 0) is 5.56 Å². The van der Waals surface area contributed by atoms with Crippen LogP contribution in [0.4, 0.5) is 0 Å². The lowest BCUT2D eigenvalue weighted by molar-refractivity contribution is 1.11. The first kappa shape index (κ1) is 12.0. The quantitative estimate of drug-likeness (QED) is 0.710. The highest BCUT2D eigenvalue weighted by molar-refractivity contribution is 5.79. The van der Waals surface area contributed by atoms with Crippen molar-refractivity contribution in [3.8, 4) is 24.3 Å². The van der Waals surface area contributed by atoms with Gasteiger partial charge < -0.3 is 0 Å². The monoisotopic (exact) mass is 218 g/mol. The van der Waals surface area contributed by atoms with Crippen LogP contribution in [-0.4, -0.2) is 0 Å². The first-order valence-corrected chi connectivity index (χ1v) is 4.67. The Morgan fingerprint density at radius 3 is 1.82 bits per heavy atom. The van der Waals surface area contributed by atoms with Gasteiger partial charge in [-0.2, -0.15) is 21.0 Å². The molecule has 0 saturated heterocycles. The van der Waals surface area contributed by atoms with Gasteiger partial charge in [0.1, 0.15) is 17.7 Å². The highest BCUT2D eigenvalue weighted by atomic mass is 14.4. The summed E-state index contributed by atoms with van der Waals surface area (Å²) in [6.45, 7) is 0. The van der Waals surface area contributed by atoms with E-state index in [1.165, 1.54) is 0 Å². The Morgan fingerprint density at radius 2 is 1.41 bits per heavy atom. The standard InChI is InChI=1S/C13H6N4/c14-6-11(7-15)13(12(8-16)9-17)10-4-2-1-3-5-10/h1-5,11H. The smallest absolute Gasteiger partial charge is 0.160 e. The van der Waals surface area contributed by atoms with E-state index < -0.39 is 5.92 Å². The third-order valence-corrected chi connectivity index (χ3v) is 2.12. The summed E-state index contributed by atoms with van der Waals surface area (Å²) in [5.41, 5.74) is 0.503. The molecule has 0 aliphatic rings. The first-order chi connectivity index (χ1) is 8.28. The lowest BCUT2D eigenvalue weighted by Crippen LogP contribution is -2.01. The fraction of sp³-hybridized carbons (Fsp3) is 0.0769. The van der Waals surface area contributed by atoms with Gasteiger partial charge in [0.25, 0.3) is 0 Å². The number of benzene rings is 1. The van der Waals surface area contributed by atoms with Gasteiger partial charge in [0.2, 0.25) is 0 Å². The lowest BCUT2D eigenvalue weighted by Gasteiger charge is -2.07. The molecule has 0 spiro atoms. The Bertz CT molecular complexity index is 570. The fourth-order valence-electron chi connectivity index (χ4n) is 1.38. The number of allylic oxidation sites excluding steroid dienone is 2.